The zero-order valence-electron chi connectivity index (χ0n) is 13.5. The highest BCUT2D eigenvalue weighted by Gasteiger charge is 2.36. The molecule has 0 aliphatic rings. The van der Waals surface area contributed by atoms with E-state index in [1.807, 2.05) is 0 Å². The van der Waals surface area contributed by atoms with E-state index in [-0.39, 0.29) is 17.5 Å². The van der Waals surface area contributed by atoms with Gasteiger partial charge in [-0.1, -0.05) is 24.6 Å². The van der Waals surface area contributed by atoms with E-state index >= 15 is 0 Å². The number of alkyl halides is 3. The number of nitrogens with zero attached hydrogens (tertiary/aromatic N) is 1. The first kappa shape index (κ1) is 20.7. The molecular formula is C15H17F3N2O4S. The van der Waals surface area contributed by atoms with Crippen molar-refractivity contribution in [3.8, 4) is 0 Å². The largest absolute Gasteiger partial charge is 0.454 e. The summed E-state index contributed by atoms with van der Waals surface area (Å²) in [6.45, 7) is 3.31. The Bertz CT molecular complexity index is 756. The quantitative estimate of drug-likeness (QED) is 0.772. The van der Waals surface area contributed by atoms with Gasteiger partial charge in [0.15, 0.2) is 0 Å². The molecule has 0 saturated carbocycles. The zero-order chi connectivity index (χ0) is 19.3. The first-order valence-corrected chi connectivity index (χ1v) is 8.65. The summed E-state index contributed by atoms with van der Waals surface area (Å²) in [6, 6.07) is 4.49. The third kappa shape index (κ3) is 6.22. The number of halogens is 3. The van der Waals surface area contributed by atoms with Crippen molar-refractivity contribution in [2.45, 2.75) is 31.3 Å². The lowest BCUT2D eigenvalue weighted by atomic mass is 10.2. The lowest BCUT2D eigenvalue weighted by Crippen LogP contribution is -2.40. The molecule has 0 saturated heterocycles. The summed E-state index contributed by atoms with van der Waals surface area (Å²) in [5.74, 6) is -2.15. The maximum absolute atomic E-state index is 12.2. The van der Waals surface area contributed by atoms with Crippen LogP contribution in [0.25, 0.3) is 0 Å². The molecule has 1 N–H and O–H groups in total. The van der Waals surface area contributed by atoms with Gasteiger partial charge in [0.05, 0.1) is 4.90 Å². The molecule has 0 aliphatic heterocycles. The average molecular weight is 378 g/mol. The Morgan fingerprint density at radius 1 is 1.20 bits per heavy atom. The Balaban J connectivity index is 2.94. The summed E-state index contributed by atoms with van der Waals surface area (Å²) < 4.78 is 62.6. The van der Waals surface area contributed by atoms with Gasteiger partial charge in [0.1, 0.15) is 0 Å². The normalized spacial score (nSPS) is 12.2. The van der Waals surface area contributed by atoms with E-state index in [2.05, 4.69) is 0 Å². The number of sulfonamides is 1. The maximum Gasteiger partial charge on any atom is 0.454 e. The van der Waals surface area contributed by atoms with Crippen LogP contribution in [0, 0.1) is 6.92 Å². The van der Waals surface area contributed by atoms with Crippen LogP contribution >= 0.6 is 0 Å². The monoisotopic (exact) mass is 378 g/mol. The molecule has 0 spiro atoms. The molecule has 0 fully saturated rings. The number of hydrogen-bond acceptors (Lipinski definition) is 4. The molecule has 0 radical (unpaired) electrons. The molecule has 1 rings (SSSR count). The van der Waals surface area contributed by atoms with Crippen molar-refractivity contribution < 1.29 is 31.2 Å². The highest BCUT2D eigenvalue weighted by atomic mass is 32.2. The zero-order valence-corrected chi connectivity index (χ0v) is 14.3. The third-order valence-electron chi connectivity index (χ3n) is 2.96. The predicted molar refractivity (Wildman–Crippen MR) is 84.1 cm³/mol. The second kappa shape index (κ2) is 8.15. The van der Waals surface area contributed by atoms with Crippen LogP contribution < -0.4 is 4.72 Å². The van der Waals surface area contributed by atoms with Gasteiger partial charge >= 0.3 is 12.2 Å². The minimum absolute atomic E-state index is 0.0725. The number of ketones is 1. The van der Waals surface area contributed by atoms with Gasteiger partial charge in [-0.3, -0.25) is 4.79 Å². The van der Waals surface area contributed by atoms with E-state index in [4.69, 9.17) is 0 Å². The number of hydrogen-bond donors (Lipinski definition) is 1. The fourth-order valence-corrected chi connectivity index (χ4v) is 2.65. The number of aryl methyl sites for hydroxylation is 1. The highest BCUT2D eigenvalue weighted by Crippen LogP contribution is 2.16. The molecule has 0 aliphatic carbocycles. The molecule has 0 aromatic heterocycles. The summed E-state index contributed by atoms with van der Waals surface area (Å²) in [5.41, 5.74) is 0.812. The molecule has 0 unspecified atom stereocenters. The van der Waals surface area contributed by atoms with Gasteiger partial charge in [-0.25, -0.2) is 17.9 Å². The van der Waals surface area contributed by atoms with E-state index in [0.717, 1.165) is 5.56 Å². The Morgan fingerprint density at radius 2 is 1.76 bits per heavy atom. The molecule has 138 valence electrons. The summed E-state index contributed by atoms with van der Waals surface area (Å²) in [5, 5.41) is 0. The molecule has 1 aromatic carbocycles. The van der Waals surface area contributed by atoms with Crippen LogP contribution in [-0.4, -0.2) is 37.9 Å². The molecular weight excluding hydrogens is 361 g/mol. The van der Waals surface area contributed by atoms with E-state index in [1.165, 1.54) is 24.3 Å². The lowest BCUT2D eigenvalue weighted by Gasteiger charge is -2.18. The van der Waals surface area contributed by atoms with Crippen LogP contribution in [0.3, 0.4) is 0 Å². The molecule has 0 atom stereocenters. The Kier molecular flexibility index (Phi) is 6.74. The highest BCUT2D eigenvalue weighted by molar-refractivity contribution is 7.90. The van der Waals surface area contributed by atoms with Crippen molar-refractivity contribution in [3.05, 3.63) is 42.1 Å². The Morgan fingerprint density at radius 3 is 2.24 bits per heavy atom. The van der Waals surface area contributed by atoms with Crippen LogP contribution in [0.15, 0.2) is 41.4 Å². The fraction of sp³-hybridized carbons (Fsp3) is 0.333. The molecule has 0 heterocycles. The lowest BCUT2D eigenvalue weighted by molar-refractivity contribution is -0.165. The van der Waals surface area contributed by atoms with Crippen LogP contribution in [0.2, 0.25) is 0 Å². The smallest absolute Gasteiger partial charge is 0.300 e. The van der Waals surface area contributed by atoms with Gasteiger partial charge in [0.2, 0.25) is 0 Å². The van der Waals surface area contributed by atoms with Crippen molar-refractivity contribution in [2.24, 2.45) is 0 Å². The van der Waals surface area contributed by atoms with Crippen LogP contribution in [0.4, 0.5) is 18.0 Å². The van der Waals surface area contributed by atoms with Gasteiger partial charge in [0.25, 0.3) is 15.8 Å². The molecule has 2 amide bonds. The Hall–Kier alpha value is -2.36. The minimum Gasteiger partial charge on any atom is -0.300 e. The van der Waals surface area contributed by atoms with E-state index in [1.54, 1.807) is 18.6 Å². The third-order valence-corrected chi connectivity index (χ3v) is 4.30. The fourth-order valence-electron chi connectivity index (χ4n) is 1.69. The van der Waals surface area contributed by atoms with E-state index in [9.17, 15) is 31.2 Å². The van der Waals surface area contributed by atoms with E-state index in [0.29, 0.717) is 17.5 Å². The standard InChI is InChI=1S/C15H17F3N2O4S/c1-3-9-20(10-8-13(21)15(16,17)18)14(22)19-25(23,24)12-6-4-11(2)5-7-12/h4-8,10H,3,9H2,1-2H3,(H,19,22)/b10-8+. The van der Waals surface area contributed by atoms with Crippen molar-refractivity contribution in [1.29, 1.82) is 0 Å². The molecule has 1 aromatic rings. The molecule has 10 heteroatoms. The maximum atomic E-state index is 12.2. The first-order chi connectivity index (χ1) is 11.5. The number of amides is 2. The number of rotatable bonds is 6. The summed E-state index contributed by atoms with van der Waals surface area (Å²) in [4.78, 5) is 23.4. The number of carbonyl (C=O) groups is 2. The second-order valence-corrected chi connectivity index (χ2v) is 6.78. The van der Waals surface area contributed by atoms with Crippen LogP contribution in [-0.2, 0) is 14.8 Å². The molecule has 25 heavy (non-hydrogen) atoms. The van der Waals surface area contributed by atoms with Gasteiger partial charge in [-0.15, -0.1) is 0 Å². The predicted octanol–water partition coefficient (Wildman–Crippen LogP) is 2.75. The molecule has 0 bridgehead atoms. The summed E-state index contributed by atoms with van der Waals surface area (Å²) in [6.07, 6.45) is -3.95. The van der Waals surface area contributed by atoms with Crippen molar-refractivity contribution in [3.63, 3.8) is 0 Å². The van der Waals surface area contributed by atoms with Gasteiger partial charge in [-0.05, 0) is 25.5 Å². The van der Waals surface area contributed by atoms with Crippen LogP contribution in [0.5, 0.6) is 0 Å². The van der Waals surface area contributed by atoms with Crippen molar-refractivity contribution in [2.75, 3.05) is 6.54 Å². The average Bonchev–Trinajstić information content (AvgIpc) is 2.50. The molecule has 6 nitrogen and oxygen atoms in total. The second-order valence-electron chi connectivity index (χ2n) is 5.09. The number of nitrogens with one attached hydrogen (secondary N) is 1. The Labute approximate surface area is 143 Å². The minimum atomic E-state index is -5.07. The number of allylic oxidation sites excluding steroid dienone is 1. The number of benzene rings is 1. The SMILES string of the molecule is CCCN(/C=C/C(=O)C(F)(F)F)C(=O)NS(=O)(=O)c1ccc(C)cc1. The van der Waals surface area contributed by atoms with Crippen molar-refractivity contribution >= 4 is 21.8 Å². The number of carbonyl (C=O) groups excluding carboxylic acids is 2. The van der Waals surface area contributed by atoms with Gasteiger partial charge in [0, 0.05) is 18.8 Å². The van der Waals surface area contributed by atoms with Crippen molar-refractivity contribution in [1.82, 2.24) is 9.62 Å². The van der Waals surface area contributed by atoms with Gasteiger partial charge in [-0.2, -0.15) is 13.2 Å². The van der Waals surface area contributed by atoms with E-state index < -0.39 is 28.0 Å². The summed E-state index contributed by atoms with van der Waals surface area (Å²) in [7, 11) is -4.19. The van der Waals surface area contributed by atoms with Crippen LogP contribution in [0.1, 0.15) is 18.9 Å². The number of urea groups is 1. The topological polar surface area (TPSA) is 83.6 Å². The van der Waals surface area contributed by atoms with Gasteiger partial charge < -0.3 is 4.90 Å². The summed E-state index contributed by atoms with van der Waals surface area (Å²) >= 11 is 0. The first-order valence-electron chi connectivity index (χ1n) is 7.17.